The number of piperidine rings is 1. The molecule has 240 valence electrons. The van der Waals surface area contributed by atoms with Crippen molar-refractivity contribution in [3.8, 4) is 5.75 Å². The Morgan fingerprint density at radius 2 is 1.87 bits per heavy atom. The maximum Gasteiger partial charge on any atom is 0.340 e. The maximum atomic E-state index is 14.1. The van der Waals surface area contributed by atoms with E-state index in [1.807, 2.05) is 12.1 Å². The van der Waals surface area contributed by atoms with Crippen molar-refractivity contribution in [2.75, 3.05) is 13.1 Å². The van der Waals surface area contributed by atoms with Crippen LogP contribution in [0.5, 0.6) is 5.75 Å². The Bertz CT molecular complexity index is 1490. The molecule has 0 aromatic heterocycles. The highest BCUT2D eigenvalue weighted by Gasteiger charge is 2.68. The molecule has 3 heterocycles. The van der Waals surface area contributed by atoms with E-state index < -0.39 is 5.41 Å². The van der Waals surface area contributed by atoms with Crippen LogP contribution in [0.2, 0.25) is 0 Å². The first-order valence-corrected chi connectivity index (χ1v) is 17.7. The van der Waals surface area contributed by atoms with Crippen molar-refractivity contribution in [1.82, 2.24) is 5.32 Å². The van der Waals surface area contributed by atoms with Crippen molar-refractivity contribution in [3.05, 3.63) is 70.2 Å². The zero-order valence-electron chi connectivity index (χ0n) is 27.2. The molecule has 0 radical (unpaired) electrons. The van der Waals surface area contributed by atoms with Crippen LogP contribution in [0.1, 0.15) is 97.0 Å². The average Bonchev–Trinajstić information content (AvgIpc) is 3.52. The lowest BCUT2D eigenvalue weighted by molar-refractivity contribution is -0.135. The van der Waals surface area contributed by atoms with Gasteiger partial charge in [-0.2, -0.15) is 0 Å². The number of phenolic OH excluding ortho intramolecular Hbond substituents is 1. The lowest BCUT2D eigenvalue weighted by Gasteiger charge is -2.56. The Kier molecular flexibility index (Phi) is 8.30. The van der Waals surface area contributed by atoms with Crippen LogP contribution in [0, 0.1) is 40.9 Å². The van der Waals surface area contributed by atoms with Crippen LogP contribution in [0.25, 0.3) is 5.57 Å². The van der Waals surface area contributed by atoms with Gasteiger partial charge in [-0.05, 0) is 142 Å². The average molecular weight is 612 g/mol. The van der Waals surface area contributed by atoms with Crippen LogP contribution in [-0.4, -0.2) is 30.1 Å². The fraction of sp³-hybridized carbons (Fsp3) is 0.590. The number of allylic oxidation sites excluding steroid dienone is 5. The Morgan fingerprint density at radius 3 is 2.62 bits per heavy atom. The van der Waals surface area contributed by atoms with E-state index >= 15 is 0 Å². The molecular weight excluding hydrogens is 562 g/mol. The molecule has 4 aliphatic carbocycles. The van der Waals surface area contributed by atoms with Gasteiger partial charge in [0.05, 0.1) is 11.0 Å². The van der Waals surface area contributed by atoms with E-state index in [2.05, 4.69) is 38.2 Å². The number of fused-ring (bicyclic) bond motifs is 1. The molecule has 3 aliphatic heterocycles. The van der Waals surface area contributed by atoms with Gasteiger partial charge in [0.1, 0.15) is 17.3 Å². The largest absolute Gasteiger partial charge is 0.508 e. The third-order valence-corrected chi connectivity index (χ3v) is 11.9. The van der Waals surface area contributed by atoms with Gasteiger partial charge in [-0.3, -0.25) is 0 Å². The number of phenols is 1. The molecule has 1 spiro atoms. The monoisotopic (exact) mass is 611 g/mol. The smallest absolute Gasteiger partial charge is 0.340 e. The number of esters is 2. The van der Waals surface area contributed by atoms with Gasteiger partial charge in [-0.25, -0.2) is 9.59 Å². The van der Waals surface area contributed by atoms with Crippen LogP contribution < -0.4 is 5.32 Å². The molecule has 8 rings (SSSR count). The van der Waals surface area contributed by atoms with Gasteiger partial charge in [0, 0.05) is 17.1 Å². The molecule has 45 heavy (non-hydrogen) atoms. The van der Waals surface area contributed by atoms with Crippen LogP contribution in [-0.2, 0) is 19.1 Å². The summed E-state index contributed by atoms with van der Waals surface area (Å²) < 4.78 is 12.4. The molecule has 0 unspecified atom stereocenters. The third kappa shape index (κ3) is 5.21. The normalized spacial score (nSPS) is 31.9. The molecule has 1 aromatic carbocycles. The molecule has 0 amide bonds. The number of hydrogen-bond acceptors (Lipinski definition) is 6. The van der Waals surface area contributed by atoms with Crippen LogP contribution in [0.15, 0.2) is 64.7 Å². The van der Waals surface area contributed by atoms with Gasteiger partial charge < -0.3 is 19.9 Å². The highest BCUT2D eigenvalue weighted by atomic mass is 16.5. The zero-order valence-corrected chi connectivity index (χ0v) is 27.2. The fourth-order valence-corrected chi connectivity index (χ4v) is 9.70. The lowest BCUT2D eigenvalue weighted by atomic mass is 9.44. The summed E-state index contributed by atoms with van der Waals surface area (Å²) in [6.45, 7) is 8.89. The van der Waals surface area contributed by atoms with Gasteiger partial charge in [-0.15, -0.1) is 0 Å². The Balaban J connectivity index is 1.33. The first-order valence-electron chi connectivity index (χ1n) is 17.7. The molecule has 3 fully saturated rings. The minimum Gasteiger partial charge on any atom is -0.508 e. The quantitative estimate of drug-likeness (QED) is 0.275. The lowest BCUT2D eigenvalue weighted by Crippen LogP contribution is -2.52. The van der Waals surface area contributed by atoms with Crippen molar-refractivity contribution in [2.45, 2.75) is 91.4 Å². The SMILES string of the molecule is CC[C@H](/C=C1\OC(=O)C2=C(c3cccc(O)c3)[C@@H]3CC[C@@]21[C@H]1C2=C(CC[C@@H]31)C(=CCCC1CCNCC1)OC2=O)CCC(C)C. The number of ether oxygens (including phenoxy) is 2. The van der Waals surface area contributed by atoms with E-state index in [9.17, 15) is 14.7 Å². The van der Waals surface area contributed by atoms with Gasteiger partial charge in [0.25, 0.3) is 0 Å². The second-order valence-corrected chi connectivity index (χ2v) is 14.8. The molecule has 7 aliphatic rings. The Hall–Kier alpha value is -3.12. The molecular formula is C39H49NO5. The summed E-state index contributed by atoms with van der Waals surface area (Å²) in [6.07, 6.45) is 15.5. The number of cyclic esters (lactones) is 2. The van der Waals surface area contributed by atoms with Crippen molar-refractivity contribution in [3.63, 3.8) is 0 Å². The Morgan fingerprint density at radius 1 is 1.04 bits per heavy atom. The zero-order chi connectivity index (χ0) is 31.3. The summed E-state index contributed by atoms with van der Waals surface area (Å²) in [6, 6.07) is 7.34. The number of carbonyl (C=O) groups excluding carboxylic acids is 2. The third-order valence-electron chi connectivity index (χ3n) is 11.9. The molecule has 1 aromatic rings. The van der Waals surface area contributed by atoms with E-state index in [0.29, 0.717) is 11.8 Å². The van der Waals surface area contributed by atoms with Crippen LogP contribution >= 0.6 is 0 Å². The van der Waals surface area contributed by atoms with Gasteiger partial charge in [0.2, 0.25) is 0 Å². The second-order valence-electron chi connectivity index (χ2n) is 14.8. The van der Waals surface area contributed by atoms with Crippen molar-refractivity contribution in [1.29, 1.82) is 0 Å². The van der Waals surface area contributed by atoms with Crippen LogP contribution in [0.4, 0.5) is 0 Å². The maximum absolute atomic E-state index is 14.1. The predicted molar refractivity (Wildman–Crippen MR) is 174 cm³/mol. The summed E-state index contributed by atoms with van der Waals surface area (Å²) in [7, 11) is 0. The van der Waals surface area contributed by atoms with Gasteiger partial charge >= 0.3 is 11.9 Å². The van der Waals surface area contributed by atoms with E-state index in [4.69, 9.17) is 9.47 Å². The van der Waals surface area contributed by atoms with E-state index in [-0.39, 0.29) is 35.4 Å². The van der Waals surface area contributed by atoms with Gasteiger partial charge in [-0.1, -0.05) is 39.3 Å². The standard InChI is InChI=1S/C39H49NO5/c1-4-24(12-11-23(2)3)21-32-39-18-15-28(33(36(39)38(43)45-32)26-8-6-9-27(41)22-26)29-13-14-30-31(44-37(42)34(30)35(29)39)10-5-7-25-16-19-40-20-17-25/h6,8-10,21-25,28-29,35,40-41H,4-5,7,11-20H2,1-3H3/b31-10?,32-21-/t24-,28+,29-,35+,39+/m0/s1. The number of hydrogen-bond donors (Lipinski definition) is 2. The van der Waals surface area contributed by atoms with Crippen LogP contribution in [0.3, 0.4) is 0 Å². The highest BCUT2D eigenvalue weighted by Crippen LogP contribution is 2.71. The number of aromatic hydroxyl groups is 1. The molecule has 6 nitrogen and oxygen atoms in total. The molecule has 6 heteroatoms. The van der Waals surface area contributed by atoms with E-state index in [1.54, 1.807) is 12.1 Å². The molecule has 2 N–H and O–H groups in total. The number of carbonyl (C=O) groups is 2. The van der Waals surface area contributed by atoms with Crippen molar-refractivity contribution >= 4 is 17.5 Å². The second kappa shape index (κ2) is 12.2. The van der Waals surface area contributed by atoms with Crippen molar-refractivity contribution < 1.29 is 24.2 Å². The van der Waals surface area contributed by atoms with Crippen molar-refractivity contribution in [2.24, 2.45) is 40.9 Å². The predicted octanol–water partition coefficient (Wildman–Crippen LogP) is 8.00. The summed E-state index contributed by atoms with van der Waals surface area (Å²) in [5.74, 6) is 3.02. The Labute approximate surface area is 268 Å². The molecule has 2 saturated heterocycles. The van der Waals surface area contributed by atoms with E-state index in [1.165, 1.54) is 12.8 Å². The summed E-state index contributed by atoms with van der Waals surface area (Å²) in [5.41, 5.74) is 3.83. The molecule has 5 atom stereocenters. The minimum atomic E-state index is -0.687. The van der Waals surface area contributed by atoms with E-state index in [0.717, 1.165) is 116 Å². The van der Waals surface area contributed by atoms with Gasteiger partial charge in [0.15, 0.2) is 0 Å². The number of benzene rings is 1. The summed E-state index contributed by atoms with van der Waals surface area (Å²) >= 11 is 0. The summed E-state index contributed by atoms with van der Waals surface area (Å²) in [4.78, 5) is 28.0. The molecule has 1 saturated carbocycles. The summed E-state index contributed by atoms with van der Waals surface area (Å²) in [5, 5.41) is 13.9. The number of rotatable bonds is 9. The highest BCUT2D eigenvalue weighted by molar-refractivity contribution is 6.06. The minimum absolute atomic E-state index is 0.123. The first kappa shape index (κ1) is 30.5. The molecule has 2 bridgehead atoms. The topological polar surface area (TPSA) is 84.9 Å². The fourth-order valence-electron chi connectivity index (χ4n) is 9.70. The number of nitrogens with one attached hydrogen (secondary N) is 1. The first-order chi connectivity index (χ1) is 21.8.